The number of thiophene rings is 1. The minimum absolute atomic E-state index is 0.122. The molecule has 8 nitrogen and oxygen atoms in total. The Morgan fingerprint density at radius 3 is 2.47 bits per heavy atom. The summed E-state index contributed by atoms with van der Waals surface area (Å²) in [4.78, 5) is 51.1. The van der Waals surface area contributed by atoms with Gasteiger partial charge in [0.25, 0.3) is 17.7 Å². The second-order valence-corrected chi connectivity index (χ2v) is 8.75. The van der Waals surface area contributed by atoms with Crippen molar-refractivity contribution in [2.24, 2.45) is 0 Å². The maximum atomic E-state index is 12.3. The largest absolute Gasteiger partial charge is 0.456 e. The molecule has 0 fully saturated rings. The zero-order valence-electron chi connectivity index (χ0n) is 17.3. The van der Waals surface area contributed by atoms with E-state index in [1.807, 2.05) is 0 Å². The Balaban J connectivity index is 1.28. The van der Waals surface area contributed by atoms with Gasteiger partial charge in [-0.05, 0) is 43.4 Å². The lowest BCUT2D eigenvalue weighted by molar-refractivity contribution is -0.147. The standard InChI is InChI=1S/C23H21N3O5S/c24-12-17-14-6-2-1-3-9-18(14)32-21(17)25-19(27)13-31-20(28)10-11-26-22(29)15-7-4-5-8-16(15)23(26)30/h4-5,7-8H,1-3,6,9-11,13H2,(H,25,27). The second-order valence-electron chi connectivity index (χ2n) is 7.65. The van der Waals surface area contributed by atoms with E-state index in [2.05, 4.69) is 11.4 Å². The van der Waals surface area contributed by atoms with Crippen LogP contribution < -0.4 is 5.32 Å². The van der Waals surface area contributed by atoms with Crippen LogP contribution in [0, 0.1) is 11.3 Å². The lowest BCUT2D eigenvalue weighted by Gasteiger charge is -2.13. The van der Waals surface area contributed by atoms with Gasteiger partial charge in [0.2, 0.25) is 0 Å². The Morgan fingerprint density at radius 2 is 1.78 bits per heavy atom. The average molecular weight is 452 g/mol. The van der Waals surface area contributed by atoms with E-state index in [0.29, 0.717) is 21.7 Å². The van der Waals surface area contributed by atoms with Crippen molar-refractivity contribution in [1.29, 1.82) is 5.26 Å². The maximum absolute atomic E-state index is 12.3. The van der Waals surface area contributed by atoms with E-state index >= 15 is 0 Å². The first-order valence-electron chi connectivity index (χ1n) is 10.4. The molecule has 0 unspecified atom stereocenters. The molecule has 1 aliphatic heterocycles. The van der Waals surface area contributed by atoms with E-state index in [9.17, 15) is 24.4 Å². The molecule has 0 bridgehead atoms. The normalized spacial score (nSPS) is 14.9. The van der Waals surface area contributed by atoms with Crippen molar-refractivity contribution in [2.75, 3.05) is 18.5 Å². The van der Waals surface area contributed by atoms with Crippen LogP contribution in [-0.4, -0.2) is 41.7 Å². The highest BCUT2D eigenvalue weighted by Gasteiger charge is 2.35. The van der Waals surface area contributed by atoms with Crippen LogP contribution in [0.1, 0.15) is 62.4 Å². The zero-order chi connectivity index (χ0) is 22.7. The Labute approximate surface area is 188 Å². The number of hydrogen-bond acceptors (Lipinski definition) is 7. The van der Waals surface area contributed by atoms with Crippen LogP contribution in [-0.2, 0) is 27.2 Å². The number of ether oxygens (including phenoxy) is 1. The van der Waals surface area contributed by atoms with Gasteiger partial charge in [-0.15, -0.1) is 11.3 Å². The Bertz CT molecular complexity index is 1110. The summed E-state index contributed by atoms with van der Waals surface area (Å²) in [6, 6.07) is 8.66. The van der Waals surface area contributed by atoms with Crippen molar-refractivity contribution in [2.45, 2.75) is 38.5 Å². The molecule has 2 aliphatic rings. The first-order chi connectivity index (χ1) is 15.5. The summed E-state index contributed by atoms with van der Waals surface area (Å²) in [6.45, 7) is -0.628. The Kier molecular flexibility index (Phi) is 6.32. The van der Waals surface area contributed by atoms with Gasteiger partial charge in [0.1, 0.15) is 11.1 Å². The number of anilines is 1. The fourth-order valence-electron chi connectivity index (χ4n) is 3.98. The lowest BCUT2D eigenvalue weighted by atomic mass is 10.1. The van der Waals surface area contributed by atoms with Gasteiger partial charge < -0.3 is 10.1 Å². The molecule has 0 atom stereocenters. The van der Waals surface area contributed by atoms with Gasteiger partial charge in [-0.25, -0.2) is 0 Å². The van der Waals surface area contributed by atoms with Crippen molar-refractivity contribution < 1.29 is 23.9 Å². The summed E-state index contributed by atoms with van der Waals surface area (Å²) >= 11 is 1.41. The maximum Gasteiger partial charge on any atom is 0.308 e. The number of esters is 1. The molecule has 0 radical (unpaired) electrons. The van der Waals surface area contributed by atoms with Crippen LogP contribution in [0.4, 0.5) is 5.00 Å². The molecule has 1 aliphatic carbocycles. The third-order valence-corrected chi connectivity index (χ3v) is 6.78. The smallest absolute Gasteiger partial charge is 0.308 e. The molecular formula is C23H21N3O5S. The molecular weight excluding hydrogens is 430 g/mol. The van der Waals surface area contributed by atoms with Gasteiger partial charge >= 0.3 is 5.97 Å². The molecule has 9 heteroatoms. The second kappa shape index (κ2) is 9.32. The molecule has 32 heavy (non-hydrogen) atoms. The summed E-state index contributed by atoms with van der Waals surface area (Å²) in [5, 5.41) is 12.7. The summed E-state index contributed by atoms with van der Waals surface area (Å²) < 4.78 is 5.00. The number of fused-ring (bicyclic) bond motifs is 2. The number of carbonyl (C=O) groups excluding carboxylic acids is 4. The van der Waals surface area contributed by atoms with E-state index in [1.165, 1.54) is 11.3 Å². The van der Waals surface area contributed by atoms with Crippen molar-refractivity contribution in [3.63, 3.8) is 0 Å². The van der Waals surface area contributed by atoms with Crippen LogP contribution in [0.3, 0.4) is 0 Å². The van der Waals surface area contributed by atoms with Gasteiger partial charge in [0.05, 0.1) is 23.1 Å². The quantitative estimate of drug-likeness (QED) is 0.410. The minimum atomic E-state index is -0.695. The van der Waals surface area contributed by atoms with Gasteiger partial charge in [-0.3, -0.25) is 24.1 Å². The van der Waals surface area contributed by atoms with Crippen LogP contribution >= 0.6 is 11.3 Å². The molecule has 0 spiro atoms. The first kappa shape index (κ1) is 21.7. The zero-order valence-corrected chi connectivity index (χ0v) is 18.1. The van der Waals surface area contributed by atoms with Crippen molar-refractivity contribution in [3.8, 4) is 6.07 Å². The first-order valence-corrected chi connectivity index (χ1v) is 11.3. The van der Waals surface area contributed by atoms with Crippen LogP contribution in [0.2, 0.25) is 0 Å². The highest BCUT2D eigenvalue weighted by molar-refractivity contribution is 7.16. The fraction of sp³-hybridized carbons (Fsp3) is 0.348. The highest BCUT2D eigenvalue weighted by atomic mass is 32.1. The molecule has 164 valence electrons. The van der Waals surface area contributed by atoms with Crippen LogP contribution in [0.5, 0.6) is 0 Å². The SMILES string of the molecule is N#Cc1c(NC(=O)COC(=O)CCN2C(=O)c3ccccc3C2=O)sc2c1CCCCC2. The predicted molar refractivity (Wildman–Crippen MR) is 116 cm³/mol. The van der Waals surface area contributed by atoms with Crippen molar-refractivity contribution in [1.82, 2.24) is 4.90 Å². The summed E-state index contributed by atoms with van der Waals surface area (Å²) in [7, 11) is 0. The number of amides is 3. The predicted octanol–water partition coefficient (Wildman–Crippen LogP) is 3.06. The molecule has 1 aromatic heterocycles. The number of nitrogens with zero attached hydrogens (tertiary/aromatic N) is 2. The van der Waals surface area contributed by atoms with Crippen molar-refractivity contribution >= 4 is 40.0 Å². The third kappa shape index (κ3) is 4.27. The van der Waals surface area contributed by atoms with Gasteiger partial charge in [-0.2, -0.15) is 5.26 Å². The summed E-state index contributed by atoms with van der Waals surface area (Å²) in [5.41, 5.74) is 2.14. The van der Waals surface area contributed by atoms with E-state index in [1.54, 1.807) is 24.3 Å². The average Bonchev–Trinajstić information content (AvgIpc) is 3.12. The van der Waals surface area contributed by atoms with Crippen LogP contribution in [0.15, 0.2) is 24.3 Å². The monoisotopic (exact) mass is 451 g/mol. The number of nitrogens with one attached hydrogen (secondary N) is 1. The number of imide groups is 1. The van der Waals surface area contributed by atoms with E-state index in [0.717, 1.165) is 47.4 Å². The number of benzene rings is 1. The molecule has 4 rings (SSSR count). The lowest BCUT2D eigenvalue weighted by Crippen LogP contribution is -2.32. The molecule has 2 heterocycles. The topological polar surface area (TPSA) is 117 Å². The summed E-state index contributed by atoms with van der Waals surface area (Å²) in [5.74, 6) is -2.12. The fourth-order valence-corrected chi connectivity index (χ4v) is 5.23. The Morgan fingerprint density at radius 1 is 1.09 bits per heavy atom. The molecule has 3 amide bonds. The molecule has 0 saturated carbocycles. The van der Waals surface area contributed by atoms with E-state index in [4.69, 9.17) is 4.74 Å². The van der Waals surface area contributed by atoms with Crippen LogP contribution in [0.25, 0.3) is 0 Å². The molecule has 1 aromatic carbocycles. The van der Waals surface area contributed by atoms with Gasteiger partial charge in [-0.1, -0.05) is 18.6 Å². The third-order valence-electron chi connectivity index (χ3n) is 5.57. The Hall–Kier alpha value is -3.51. The molecule has 2 aromatic rings. The highest BCUT2D eigenvalue weighted by Crippen LogP contribution is 2.36. The number of hydrogen-bond donors (Lipinski definition) is 1. The number of rotatable bonds is 6. The number of aryl methyl sites for hydroxylation is 1. The molecule has 1 N–H and O–H groups in total. The molecule has 0 saturated heterocycles. The van der Waals surface area contributed by atoms with Gasteiger partial charge in [0, 0.05) is 11.4 Å². The number of carbonyl (C=O) groups is 4. The van der Waals surface area contributed by atoms with Gasteiger partial charge in [0.15, 0.2) is 6.61 Å². The van der Waals surface area contributed by atoms with Crippen molar-refractivity contribution in [3.05, 3.63) is 51.4 Å². The van der Waals surface area contributed by atoms with E-state index in [-0.39, 0.29) is 13.0 Å². The minimum Gasteiger partial charge on any atom is -0.456 e. The van der Waals surface area contributed by atoms with E-state index < -0.39 is 30.3 Å². The number of nitriles is 1. The summed E-state index contributed by atoms with van der Waals surface area (Å²) in [6.07, 6.45) is 4.74.